The van der Waals surface area contributed by atoms with Gasteiger partial charge in [-0.25, -0.2) is 9.37 Å². The van der Waals surface area contributed by atoms with Crippen LogP contribution in [0.2, 0.25) is 5.02 Å². The third-order valence-corrected chi connectivity index (χ3v) is 7.37. The lowest BCUT2D eigenvalue weighted by molar-refractivity contribution is -0.125. The Balaban J connectivity index is 1.58. The van der Waals surface area contributed by atoms with E-state index < -0.39 is 17.1 Å². The Bertz CT molecular complexity index is 1200. The average Bonchev–Trinajstić information content (AvgIpc) is 2.91. The van der Waals surface area contributed by atoms with Gasteiger partial charge in [0.15, 0.2) is 5.82 Å². The molecule has 2 aliphatic heterocycles. The number of benzene rings is 1. The summed E-state index contributed by atoms with van der Waals surface area (Å²) in [6, 6.07) is 2.58. The van der Waals surface area contributed by atoms with E-state index in [9.17, 15) is 9.59 Å². The van der Waals surface area contributed by atoms with Crippen molar-refractivity contribution < 1.29 is 14.0 Å². The molecular weight excluding hydrogens is 497 g/mol. The quantitative estimate of drug-likeness (QED) is 0.601. The van der Waals surface area contributed by atoms with Gasteiger partial charge < -0.3 is 25.3 Å². The maximum Gasteiger partial charge on any atom is 0.254 e. The van der Waals surface area contributed by atoms with Crippen LogP contribution >= 0.6 is 11.6 Å². The van der Waals surface area contributed by atoms with Crippen molar-refractivity contribution in [2.75, 3.05) is 48.8 Å². The van der Waals surface area contributed by atoms with Gasteiger partial charge in [-0.05, 0) is 72.8 Å². The van der Waals surface area contributed by atoms with Gasteiger partial charge in [0.1, 0.15) is 11.5 Å². The number of fused-ring (bicyclic) bond motifs is 1. The Morgan fingerprint density at radius 2 is 1.89 bits per heavy atom. The van der Waals surface area contributed by atoms with Crippen LogP contribution in [0, 0.1) is 11.2 Å². The standard InChI is InChI=1S/C26H35ClFN7O2/c1-15(2)35-14-26(3,4)24(37)34(6)21-13-29-25(32-22(21)35)31-20-12-19(28)17(11-18(20)27)23(36)30-16-7-9-33(5)10-8-16/h11-13,15-16H,7-10,14H2,1-6H3,(H,30,36)(H,29,31,32). The minimum absolute atomic E-state index is 0.00606. The maximum atomic E-state index is 15.0. The highest BCUT2D eigenvalue weighted by Gasteiger charge is 2.39. The largest absolute Gasteiger partial charge is 0.351 e. The van der Waals surface area contributed by atoms with E-state index >= 15 is 4.39 Å². The fraction of sp³-hybridized carbons (Fsp3) is 0.538. The third kappa shape index (κ3) is 5.65. The molecule has 2 aromatic rings. The Morgan fingerprint density at radius 1 is 1.22 bits per heavy atom. The molecule has 2 amide bonds. The maximum absolute atomic E-state index is 15.0. The Morgan fingerprint density at radius 3 is 2.54 bits per heavy atom. The van der Waals surface area contributed by atoms with Crippen LogP contribution in [-0.4, -0.2) is 72.5 Å². The summed E-state index contributed by atoms with van der Waals surface area (Å²) in [6.07, 6.45) is 3.21. The highest BCUT2D eigenvalue weighted by molar-refractivity contribution is 6.33. The number of hydrogen-bond donors (Lipinski definition) is 2. The van der Waals surface area contributed by atoms with E-state index in [1.54, 1.807) is 18.1 Å². The predicted molar refractivity (Wildman–Crippen MR) is 144 cm³/mol. The SMILES string of the molecule is CC(C)N1CC(C)(C)C(=O)N(C)c2cnc(Nc3cc(F)c(C(=O)NC4CCN(C)CC4)cc3Cl)nc21. The van der Waals surface area contributed by atoms with Gasteiger partial charge in [-0.15, -0.1) is 0 Å². The second-order valence-electron chi connectivity index (χ2n) is 10.9. The molecule has 0 radical (unpaired) electrons. The van der Waals surface area contributed by atoms with Crippen molar-refractivity contribution in [3.05, 3.63) is 34.7 Å². The van der Waals surface area contributed by atoms with Crippen molar-refractivity contribution in [3.8, 4) is 0 Å². The van der Waals surface area contributed by atoms with Gasteiger partial charge in [-0.3, -0.25) is 9.59 Å². The van der Waals surface area contributed by atoms with Crippen molar-refractivity contribution in [2.24, 2.45) is 5.41 Å². The van der Waals surface area contributed by atoms with Gasteiger partial charge in [0, 0.05) is 25.7 Å². The molecule has 1 fully saturated rings. The molecule has 0 unspecified atom stereocenters. The summed E-state index contributed by atoms with van der Waals surface area (Å²) >= 11 is 6.45. The molecule has 1 aromatic carbocycles. The number of hydrogen-bond acceptors (Lipinski definition) is 7. The molecule has 2 N–H and O–H groups in total. The molecule has 0 atom stereocenters. The van der Waals surface area contributed by atoms with Gasteiger partial charge in [0.05, 0.1) is 27.9 Å². The van der Waals surface area contributed by atoms with Crippen LogP contribution in [0.3, 0.4) is 0 Å². The van der Waals surface area contributed by atoms with E-state index in [2.05, 4.69) is 30.4 Å². The summed E-state index contributed by atoms with van der Waals surface area (Å²) < 4.78 is 15.0. The first-order chi connectivity index (χ1) is 17.4. The number of likely N-dealkylation sites (tertiary alicyclic amines) is 1. The van der Waals surface area contributed by atoms with Crippen molar-refractivity contribution in [3.63, 3.8) is 0 Å². The molecule has 3 heterocycles. The summed E-state index contributed by atoms with van der Waals surface area (Å²) in [5.74, 6) is -0.400. The van der Waals surface area contributed by atoms with Crippen LogP contribution in [0.5, 0.6) is 0 Å². The summed E-state index contributed by atoms with van der Waals surface area (Å²) in [5.41, 5.74) is 0.104. The van der Waals surface area contributed by atoms with Crippen LogP contribution in [0.15, 0.2) is 18.3 Å². The average molecular weight is 532 g/mol. The van der Waals surface area contributed by atoms with Crippen molar-refractivity contribution in [1.82, 2.24) is 20.2 Å². The van der Waals surface area contributed by atoms with E-state index in [4.69, 9.17) is 11.6 Å². The summed E-state index contributed by atoms with van der Waals surface area (Å²) in [6.45, 7) is 10.1. The fourth-order valence-electron chi connectivity index (χ4n) is 4.79. The normalized spacial score (nSPS) is 18.6. The minimum atomic E-state index is -0.692. The number of piperidine rings is 1. The molecule has 0 saturated carbocycles. The molecule has 0 spiro atoms. The molecule has 11 heteroatoms. The predicted octanol–water partition coefficient (Wildman–Crippen LogP) is 4.05. The number of aromatic nitrogens is 2. The Labute approximate surface area is 222 Å². The molecule has 0 aliphatic carbocycles. The summed E-state index contributed by atoms with van der Waals surface area (Å²) in [7, 11) is 3.75. The van der Waals surface area contributed by atoms with Gasteiger partial charge in [-0.2, -0.15) is 4.98 Å². The molecule has 37 heavy (non-hydrogen) atoms. The number of amides is 2. The van der Waals surface area contributed by atoms with Gasteiger partial charge in [0.25, 0.3) is 5.91 Å². The zero-order valence-corrected chi connectivity index (χ0v) is 23.0. The van der Waals surface area contributed by atoms with Crippen molar-refractivity contribution in [1.29, 1.82) is 0 Å². The number of halogens is 2. The minimum Gasteiger partial charge on any atom is -0.351 e. The second kappa shape index (κ2) is 10.4. The Kier molecular flexibility index (Phi) is 7.62. The molecule has 9 nitrogen and oxygen atoms in total. The number of nitrogens with one attached hydrogen (secondary N) is 2. The molecule has 200 valence electrons. The second-order valence-corrected chi connectivity index (χ2v) is 11.3. The van der Waals surface area contributed by atoms with E-state index in [1.165, 1.54) is 12.1 Å². The molecule has 1 saturated heterocycles. The van der Waals surface area contributed by atoms with E-state index in [1.807, 2.05) is 34.7 Å². The van der Waals surface area contributed by atoms with Crippen LogP contribution in [0.4, 0.5) is 27.5 Å². The molecule has 1 aromatic heterocycles. The third-order valence-electron chi connectivity index (χ3n) is 7.06. The number of nitrogens with zero attached hydrogens (tertiary/aromatic N) is 5. The van der Waals surface area contributed by atoms with Gasteiger partial charge in [-0.1, -0.05) is 11.6 Å². The molecule has 2 aliphatic rings. The zero-order chi connectivity index (χ0) is 27.1. The first-order valence-electron chi connectivity index (χ1n) is 12.5. The number of carbonyl (C=O) groups is 2. The Hall–Kier alpha value is -2.98. The van der Waals surface area contributed by atoms with Crippen LogP contribution in [-0.2, 0) is 4.79 Å². The highest BCUT2D eigenvalue weighted by Crippen LogP contribution is 2.38. The summed E-state index contributed by atoms with van der Waals surface area (Å²) in [5, 5.41) is 6.07. The number of rotatable bonds is 5. The number of carbonyl (C=O) groups excluding carboxylic acids is 2. The number of anilines is 4. The van der Waals surface area contributed by atoms with Gasteiger partial charge in [0.2, 0.25) is 11.9 Å². The monoisotopic (exact) mass is 531 g/mol. The fourth-order valence-corrected chi connectivity index (χ4v) is 5.00. The molecular formula is C26H35ClFN7O2. The zero-order valence-electron chi connectivity index (χ0n) is 22.2. The first-order valence-corrected chi connectivity index (χ1v) is 12.9. The lowest BCUT2D eigenvalue weighted by atomic mass is 9.91. The topological polar surface area (TPSA) is 93.7 Å². The van der Waals surface area contributed by atoms with Crippen LogP contribution in [0.1, 0.15) is 50.9 Å². The first kappa shape index (κ1) is 27.1. The van der Waals surface area contributed by atoms with E-state index in [0.29, 0.717) is 18.1 Å². The van der Waals surface area contributed by atoms with E-state index in [0.717, 1.165) is 25.9 Å². The van der Waals surface area contributed by atoms with Crippen molar-refractivity contribution in [2.45, 2.75) is 52.6 Å². The van der Waals surface area contributed by atoms with Crippen molar-refractivity contribution >= 4 is 46.6 Å². The highest BCUT2D eigenvalue weighted by atomic mass is 35.5. The lowest BCUT2D eigenvalue weighted by Gasteiger charge is -2.32. The van der Waals surface area contributed by atoms with Crippen LogP contribution in [0.25, 0.3) is 0 Å². The van der Waals surface area contributed by atoms with Crippen LogP contribution < -0.4 is 20.4 Å². The van der Waals surface area contributed by atoms with Gasteiger partial charge >= 0.3 is 0 Å². The summed E-state index contributed by atoms with van der Waals surface area (Å²) in [4.78, 5) is 40.6. The molecule has 4 rings (SSSR count). The molecule has 0 bridgehead atoms. The lowest BCUT2D eigenvalue weighted by Crippen LogP contribution is -2.44. The smallest absolute Gasteiger partial charge is 0.254 e. The van der Waals surface area contributed by atoms with E-state index in [-0.39, 0.29) is 40.2 Å².